The molecule has 146 valence electrons. The molecule has 0 fully saturated rings. The van der Waals surface area contributed by atoms with Crippen LogP contribution in [0.5, 0.6) is 0 Å². The van der Waals surface area contributed by atoms with Crippen LogP contribution in [0.15, 0.2) is 58.5 Å². The standard InChI is InChI=1S/C20H21N3O4S/c1-3-23(4-2)28(26,27)15-9-7-8-14(12-15)20(25)22-21-18-13-19(24)17-11-6-5-10-16(17)18/h5-12H,3-4,13H2,1-2H3,(H,22,25). The minimum atomic E-state index is -3.66. The molecule has 0 saturated carbocycles. The predicted octanol–water partition coefficient (Wildman–Crippen LogP) is 2.44. The summed E-state index contributed by atoms with van der Waals surface area (Å²) in [5.74, 6) is -0.586. The fourth-order valence-electron chi connectivity index (χ4n) is 3.11. The molecule has 8 heteroatoms. The van der Waals surface area contributed by atoms with Crippen LogP contribution in [0.4, 0.5) is 0 Å². The Balaban J connectivity index is 1.82. The van der Waals surface area contributed by atoms with E-state index in [1.165, 1.54) is 28.6 Å². The molecular weight excluding hydrogens is 378 g/mol. The first kappa shape index (κ1) is 19.9. The molecule has 28 heavy (non-hydrogen) atoms. The highest BCUT2D eigenvalue weighted by atomic mass is 32.2. The van der Waals surface area contributed by atoms with Crippen LogP contribution < -0.4 is 5.43 Å². The van der Waals surface area contributed by atoms with Crippen LogP contribution in [-0.4, -0.2) is 43.2 Å². The summed E-state index contributed by atoms with van der Waals surface area (Å²) in [6, 6.07) is 12.9. The van der Waals surface area contributed by atoms with E-state index in [-0.39, 0.29) is 22.7 Å². The summed E-state index contributed by atoms with van der Waals surface area (Å²) < 4.78 is 26.6. The third-order valence-electron chi connectivity index (χ3n) is 4.60. The normalized spacial score (nSPS) is 15.1. The van der Waals surface area contributed by atoms with Gasteiger partial charge in [-0.2, -0.15) is 9.41 Å². The lowest BCUT2D eigenvalue weighted by Gasteiger charge is -2.18. The van der Waals surface area contributed by atoms with E-state index in [1.54, 1.807) is 38.1 Å². The van der Waals surface area contributed by atoms with Gasteiger partial charge >= 0.3 is 0 Å². The summed E-state index contributed by atoms with van der Waals surface area (Å²) >= 11 is 0. The number of sulfonamides is 1. The van der Waals surface area contributed by atoms with Gasteiger partial charge in [0.05, 0.1) is 17.0 Å². The first-order chi connectivity index (χ1) is 13.4. The van der Waals surface area contributed by atoms with Gasteiger partial charge in [0.2, 0.25) is 10.0 Å². The van der Waals surface area contributed by atoms with Crippen molar-refractivity contribution < 1.29 is 18.0 Å². The molecular formula is C20H21N3O4S. The first-order valence-corrected chi connectivity index (χ1v) is 10.4. The summed E-state index contributed by atoms with van der Waals surface area (Å²) in [5.41, 5.74) is 4.38. The number of fused-ring (bicyclic) bond motifs is 1. The monoisotopic (exact) mass is 399 g/mol. The number of nitrogens with one attached hydrogen (secondary N) is 1. The third kappa shape index (κ3) is 3.74. The minimum absolute atomic E-state index is 0.0455. The number of carbonyl (C=O) groups excluding carboxylic acids is 2. The molecule has 0 aliphatic heterocycles. The van der Waals surface area contributed by atoms with Crippen LogP contribution >= 0.6 is 0 Å². The van der Waals surface area contributed by atoms with Gasteiger partial charge in [0, 0.05) is 29.8 Å². The van der Waals surface area contributed by atoms with Crippen LogP contribution in [0.2, 0.25) is 0 Å². The first-order valence-electron chi connectivity index (χ1n) is 8.98. The van der Waals surface area contributed by atoms with Gasteiger partial charge in [0.1, 0.15) is 0 Å². The number of Topliss-reactive ketones (excluding diaryl/α,β-unsaturated/α-hetero) is 1. The number of amides is 1. The Bertz CT molecular complexity index is 1060. The van der Waals surface area contributed by atoms with Crippen molar-refractivity contribution in [3.8, 4) is 0 Å². The van der Waals surface area contributed by atoms with E-state index >= 15 is 0 Å². The second kappa shape index (κ2) is 8.04. The van der Waals surface area contributed by atoms with Crippen LogP contribution in [0.25, 0.3) is 0 Å². The molecule has 0 atom stereocenters. The Morgan fingerprint density at radius 3 is 2.43 bits per heavy atom. The maximum absolute atomic E-state index is 12.6. The lowest BCUT2D eigenvalue weighted by Crippen LogP contribution is -2.30. The maximum Gasteiger partial charge on any atom is 0.271 e. The molecule has 1 aliphatic rings. The van der Waals surface area contributed by atoms with Crippen molar-refractivity contribution >= 4 is 27.4 Å². The summed E-state index contributed by atoms with van der Waals surface area (Å²) in [6.07, 6.45) is 0.121. The SMILES string of the molecule is CCN(CC)S(=O)(=O)c1cccc(C(=O)NN=C2CC(=O)c3ccccc32)c1. The molecule has 1 aliphatic carbocycles. The number of rotatable bonds is 6. The molecule has 2 aromatic rings. The molecule has 1 N–H and O–H groups in total. The Hall–Kier alpha value is -2.84. The van der Waals surface area contributed by atoms with E-state index in [1.807, 2.05) is 0 Å². The van der Waals surface area contributed by atoms with E-state index in [2.05, 4.69) is 10.5 Å². The van der Waals surface area contributed by atoms with Crippen molar-refractivity contribution in [2.24, 2.45) is 5.10 Å². The molecule has 0 spiro atoms. The van der Waals surface area contributed by atoms with Crippen molar-refractivity contribution in [1.29, 1.82) is 0 Å². The van der Waals surface area contributed by atoms with Gasteiger partial charge in [-0.05, 0) is 18.2 Å². The topological polar surface area (TPSA) is 95.9 Å². The number of hydrogen-bond donors (Lipinski definition) is 1. The van der Waals surface area contributed by atoms with E-state index < -0.39 is 15.9 Å². The van der Waals surface area contributed by atoms with Crippen molar-refractivity contribution in [2.45, 2.75) is 25.2 Å². The summed E-state index contributed by atoms with van der Waals surface area (Å²) in [4.78, 5) is 24.5. The van der Waals surface area contributed by atoms with Gasteiger partial charge in [-0.15, -0.1) is 0 Å². The molecule has 0 saturated heterocycles. The Labute approximate surface area is 164 Å². The molecule has 0 aromatic heterocycles. The number of carbonyl (C=O) groups is 2. The fourth-order valence-corrected chi connectivity index (χ4v) is 4.62. The van der Waals surface area contributed by atoms with Gasteiger partial charge in [0.25, 0.3) is 5.91 Å². The Morgan fingerprint density at radius 2 is 1.75 bits per heavy atom. The van der Waals surface area contributed by atoms with Gasteiger partial charge < -0.3 is 0 Å². The summed E-state index contributed by atoms with van der Waals surface area (Å²) in [7, 11) is -3.66. The average Bonchev–Trinajstić information content (AvgIpc) is 3.03. The second-order valence-corrected chi connectivity index (χ2v) is 8.20. The Morgan fingerprint density at radius 1 is 1.07 bits per heavy atom. The lowest BCUT2D eigenvalue weighted by atomic mass is 10.1. The van der Waals surface area contributed by atoms with Crippen LogP contribution in [0, 0.1) is 0 Å². The molecule has 0 radical (unpaired) electrons. The summed E-state index contributed by atoms with van der Waals surface area (Å²) in [6.45, 7) is 4.20. The van der Waals surface area contributed by atoms with Crippen molar-refractivity contribution in [3.05, 3.63) is 65.2 Å². The molecule has 2 aromatic carbocycles. The van der Waals surface area contributed by atoms with Gasteiger partial charge in [0.15, 0.2) is 5.78 Å². The van der Waals surface area contributed by atoms with Gasteiger partial charge in [-0.1, -0.05) is 44.2 Å². The summed E-state index contributed by atoms with van der Waals surface area (Å²) in [5, 5.41) is 4.09. The lowest BCUT2D eigenvalue weighted by molar-refractivity contribution is 0.0951. The zero-order valence-electron chi connectivity index (χ0n) is 15.7. The largest absolute Gasteiger partial charge is 0.294 e. The molecule has 0 heterocycles. The maximum atomic E-state index is 12.6. The number of hydrazone groups is 1. The minimum Gasteiger partial charge on any atom is -0.294 e. The highest BCUT2D eigenvalue weighted by molar-refractivity contribution is 7.89. The molecule has 7 nitrogen and oxygen atoms in total. The fraction of sp³-hybridized carbons (Fsp3) is 0.250. The Kier molecular flexibility index (Phi) is 5.71. The number of nitrogens with zero attached hydrogens (tertiary/aromatic N) is 2. The van der Waals surface area contributed by atoms with Crippen LogP contribution in [0.1, 0.15) is 46.5 Å². The van der Waals surface area contributed by atoms with Crippen molar-refractivity contribution in [3.63, 3.8) is 0 Å². The van der Waals surface area contributed by atoms with E-state index in [0.717, 1.165) is 0 Å². The number of hydrogen-bond acceptors (Lipinski definition) is 5. The van der Waals surface area contributed by atoms with Crippen molar-refractivity contribution in [1.82, 2.24) is 9.73 Å². The average molecular weight is 399 g/mol. The second-order valence-electron chi connectivity index (χ2n) is 6.26. The van der Waals surface area contributed by atoms with Gasteiger partial charge in [-0.25, -0.2) is 13.8 Å². The van der Waals surface area contributed by atoms with Crippen LogP contribution in [0.3, 0.4) is 0 Å². The quantitative estimate of drug-likeness (QED) is 0.755. The highest BCUT2D eigenvalue weighted by Gasteiger charge is 2.26. The number of benzene rings is 2. The molecule has 0 bridgehead atoms. The van der Waals surface area contributed by atoms with Gasteiger partial charge in [-0.3, -0.25) is 9.59 Å². The molecule has 0 unspecified atom stereocenters. The molecule has 3 rings (SSSR count). The molecule has 1 amide bonds. The van der Waals surface area contributed by atoms with Crippen LogP contribution in [-0.2, 0) is 10.0 Å². The third-order valence-corrected chi connectivity index (χ3v) is 6.64. The van der Waals surface area contributed by atoms with E-state index in [0.29, 0.717) is 29.9 Å². The van der Waals surface area contributed by atoms with Crippen molar-refractivity contribution in [2.75, 3.05) is 13.1 Å². The number of ketones is 1. The smallest absolute Gasteiger partial charge is 0.271 e. The highest BCUT2D eigenvalue weighted by Crippen LogP contribution is 2.22. The predicted molar refractivity (Wildman–Crippen MR) is 106 cm³/mol. The zero-order valence-corrected chi connectivity index (χ0v) is 16.5. The van der Waals surface area contributed by atoms with E-state index in [4.69, 9.17) is 0 Å². The van der Waals surface area contributed by atoms with E-state index in [9.17, 15) is 18.0 Å². The zero-order chi connectivity index (χ0) is 20.3.